The van der Waals surface area contributed by atoms with Gasteiger partial charge in [0.25, 0.3) is 0 Å². The summed E-state index contributed by atoms with van der Waals surface area (Å²) in [6.45, 7) is 4.60. The number of hydrogen-bond donors (Lipinski definition) is 2. The van der Waals surface area contributed by atoms with Gasteiger partial charge in [-0.15, -0.1) is 0 Å². The second kappa shape index (κ2) is 10.9. The Morgan fingerprint density at radius 3 is 2.00 bits per heavy atom. The lowest BCUT2D eigenvalue weighted by atomic mass is 10.2. The molecule has 1 aliphatic heterocycles. The summed E-state index contributed by atoms with van der Waals surface area (Å²) < 4.78 is 5.43. The number of morpholine rings is 1. The van der Waals surface area contributed by atoms with E-state index in [2.05, 4.69) is 25.5 Å². The maximum absolute atomic E-state index is 13.1. The molecule has 2 aromatic carbocycles. The quantitative estimate of drug-likeness (QED) is 0.315. The number of anilines is 3. The summed E-state index contributed by atoms with van der Waals surface area (Å²) in [6.07, 6.45) is 0. The number of thioether (sulfide) groups is 1. The lowest BCUT2D eigenvalue weighted by molar-refractivity contribution is -0.123. The van der Waals surface area contributed by atoms with Crippen LogP contribution in [0.1, 0.15) is 5.69 Å². The van der Waals surface area contributed by atoms with E-state index in [1.165, 1.54) is 0 Å². The maximum atomic E-state index is 13.1. The highest BCUT2D eigenvalue weighted by molar-refractivity contribution is 8.01. The Balaban J connectivity index is 1.58. The molecule has 0 saturated carbocycles. The Kier molecular flexibility index (Phi) is 7.54. The molecule has 0 aliphatic carbocycles. The molecule has 2 N–H and O–H groups in total. The fourth-order valence-corrected chi connectivity index (χ4v) is 4.21. The van der Waals surface area contributed by atoms with Crippen LogP contribution in [0.25, 0.3) is 0 Å². The van der Waals surface area contributed by atoms with Gasteiger partial charge < -0.3 is 20.3 Å². The van der Waals surface area contributed by atoms with Crippen molar-refractivity contribution in [3.8, 4) is 0 Å². The predicted molar refractivity (Wildman–Crippen MR) is 130 cm³/mol. The van der Waals surface area contributed by atoms with Gasteiger partial charge in [-0.1, -0.05) is 48.2 Å². The van der Waals surface area contributed by atoms with Crippen LogP contribution < -0.4 is 15.5 Å². The summed E-state index contributed by atoms with van der Waals surface area (Å²) in [4.78, 5) is 37.5. The third-order valence-corrected chi connectivity index (χ3v) is 5.99. The number of aryl methyl sites for hydroxylation is 1. The van der Waals surface area contributed by atoms with Crippen LogP contribution in [-0.4, -0.2) is 53.3 Å². The number of ether oxygens (including phenoxy) is 1. The highest BCUT2D eigenvalue weighted by Crippen LogP contribution is 2.26. The normalized spacial score (nSPS) is 13.6. The van der Waals surface area contributed by atoms with E-state index >= 15 is 0 Å². The van der Waals surface area contributed by atoms with Gasteiger partial charge in [0.05, 0.1) is 13.2 Å². The largest absolute Gasteiger partial charge is 0.378 e. The van der Waals surface area contributed by atoms with Crippen molar-refractivity contribution < 1.29 is 14.3 Å². The van der Waals surface area contributed by atoms with Crippen molar-refractivity contribution in [3.63, 3.8) is 0 Å². The fourth-order valence-electron chi connectivity index (χ4n) is 3.32. The Hall–Kier alpha value is -3.43. The summed E-state index contributed by atoms with van der Waals surface area (Å²) in [7, 11) is 0. The zero-order valence-electron chi connectivity index (χ0n) is 18.2. The molecule has 4 rings (SSSR count). The molecule has 1 saturated heterocycles. The van der Waals surface area contributed by atoms with Crippen LogP contribution in [0.2, 0.25) is 0 Å². The zero-order chi connectivity index (χ0) is 23.0. The summed E-state index contributed by atoms with van der Waals surface area (Å²) >= 11 is 1.03. The molecule has 0 radical (unpaired) electrons. The van der Waals surface area contributed by atoms with Gasteiger partial charge in [0.15, 0.2) is 10.4 Å². The topological polar surface area (TPSA) is 96.5 Å². The minimum atomic E-state index is -1.09. The van der Waals surface area contributed by atoms with Crippen molar-refractivity contribution in [2.75, 3.05) is 41.8 Å². The van der Waals surface area contributed by atoms with Gasteiger partial charge in [0.2, 0.25) is 11.8 Å². The average molecular weight is 464 g/mol. The number of aromatic nitrogens is 2. The Morgan fingerprint density at radius 2 is 1.45 bits per heavy atom. The van der Waals surface area contributed by atoms with Crippen molar-refractivity contribution in [1.29, 1.82) is 0 Å². The van der Waals surface area contributed by atoms with Crippen LogP contribution in [0.5, 0.6) is 0 Å². The van der Waals surface area contributed by atoms with E-state index in [-0.39, 0.29) is 0 Å². The molecule has 0 atom stereocenters. The van der Waals surface area contributed by atoms with E-state index in [4.69, 9.17) is 4.74 Å². The van der Waals surface area contributed by atoms with Crippen LogP contribution in [-0.2, 0) is 14.3 Å². The first kappa shape index (κ1) is 22.8. The molecule has 2 amide bonds. The first-order valence-electron chi connectivity index (χ1n) is 10.7. The number of carbonyl (C=O) groups excluding carboxylic acids is 2. The van der Waals surface area contributed by atoms with Gasteiger partial charge in [0.1, 0.15) is 5.82 Å². The molecule has 33 heavy (non-hydrogen) atoms. The number of nitrogens with zero attached hydrogens (tertiary/aromatic N) is 3. The Bertz CT molecular complexity index is 1040. The minimum Gasteiger partial charge on any atom is -0.378 e. The van der Waals surface area contributed by atoms with Crippen LogP contribution in [0.15, 0.2) is 71.9 Å². The lowest BCUT2D eigenvalue weighted by Gasteiger charge is -2.28. The molecule has 8 nitrogen and oxygen atoms in total. The molecular formula is C24H25N5O3S. The highest BCUT2D eigenvalue weighted by Gasteiger charge is 2.30. The van der Waals surface area contributed by atoms with E-state index in [9.17, 15) is 9.59 Å². The van der Waals surface area contributed by atoms with E-state index in [0.29, 0.717) is 29.7 Å². The standard InChI is InChI=1S/C24H25N5O3S/c1-17-16-20(29-12-14-32-15-13-29)28-24(25-17)33-21(22(30)26-18-8-4-2-5-9-18)23(31)27-19-10-6-3-7-11-19/h2-11,16,21H,12-15H2,1H3,(H,26,30)(H,27,31). The van der Waals surface area contributed by atoms with Crippen LogP contribution in [0.4, 0.5) is 17.2 Å². The third kappa shape index (κ3) is 6.30. The number of benzene rings is 2. The molecule has 2 heterocycles. The minimum absolute atomic E-state index is 0.368. The Labute approximate surface area is 196 Å². The number of amides is 2. The van der Waals surface area contributed by atoms with Crippen LogP contribution >= 0.6 is 11.8 Å². The smallest absolute Gasteiger partial charge is 0.247 e. The molecule has 1 aromatic heterocycles. The SMILES string of the molecule is Cc1cc(N2CCOCC2)nc(SC(C(=O)Nc2ccccc2)C(=O)Nc2ccccc2)n1. The van der Waals surface area contributed by atoms with Crippen molar-refractivity contribution in [2.24, 2.45) is 0 Å². The van der Waals surface area contributed by atoms with Crippen LogP contribution in [0.3, 0.4) is 0 Å². The Morgan fingerprint density at radius 1 is 0.909 bits per heavy atom. The molecule has 1 aliphatic rings. The molecule has 9 heteroatoms. The summed E-state index contributed by atoms with van der Waals surface area (Å²) in [5.41, 5.74) is 1.99. The number of nitrogens with one attached hydrogen (secondary N) is 2. The maximum Gasteiger partial charge on any atom is 0.247 e. The second-order valence-corrected chi connectivity index (χ2v) is 8.53. The van der Waals surface area contributed by atoms with E-state index in [1.807, 2.05) is 49.4 Å². The van der Waals surface area contributed by atoms with Crippen molar-refractivity contribution in [2.45, 2.75) is 17.3 Å². The molecule has 0 spiro atoms. The number of para-hydroxylation sites is 2. The van der Waals surface area contributed by atoms with Gasteiger partial charge in [-0.2, -0.15) is 0 Å². The second-order valence-electron chi connectivity index (χ2n) is 7.46. The molecule has 0 bridgehead atoms. The van der Waals surface area contributed by atoms with Gasteiger partial charge in [-0.05, 0) is 31.2 Å². The van der Waals surface area contributed by atoms with Crippen molar-refractivity contribution in [3.05, 3.63) is 72.4 Å². The number of carbonyl (C=O) groups is 2. The molecule has 170 valence electrons. The zero-order valence-corrected chi connectivity index (χ0v) is 19.0. The predicted octanol–water partition coefficient (Wildman–Crippen LogP) is 3.36. The monoisotopic (exact) mass is 463 g/mol. The lowest BCUT2D eigenvalue weighted by Crippen LogP contribution is -2.37. The van der Waals surface area contributed by atoms with Gasteiger partial charge in [0, 0.05) is 36.2 Å². The first-order chi connectivity index (χ1) is 16.1. The summed E-state index contributed by atoms with van der Waals surface area (Å²) in [5, 5.41) is 4.91. The van der Waals surface area contributed by atoms with E-state index < -0.39 is 17.1 Å². The molecular weight excluding hydrogens is 438 g/mol. The third-order valence-electron chi connectivity index (χ3n) is 4.94. The molecule has 3 aromatic rings. The van der Waals surface area contributed by atoms with E-state index in [0.717, 1.165) is 36.4 Å². The first-order valence-corrected chi connectivity index (χ1v) is 11.5. The summed E-state index contributed by atoms with van der Waals surface area (Å²) in [5.74, 6) is -0.130. The van der Waals surface area contributed by atoms with Crippen molar-refractivity contribution in [1.82, 2.24) is 9.97 Å². The van der Waals surface area contributed by atoms with Crippen LogP contribution in [0, 0.1) is 6.92 Å². The van der Waals surface area contributed by atoms with Gasteiger partial charge in [-0.3, -0.25) is 9.59 Å². The van der Waals surface area contributed by atoms with Crippen molar-refractivity contribution >= 4 is 40.8 Å². The number of hydrogen-bond acceptors (Lipinski definition) is 7. The van der Waals surface area contributed by atoms with Gasteiger partial charge >= 0.3 is 0 Å². The average Bonchev–Trinajstić information content (AvgIpc) is 2.84. The number of rotatable bonds is 7. The molecule has 0 unspecified atom stereocenters. The fraction of sp³-hybridized carbons (Fsp3) is 0.250. The van der Waals surface area contributed by atoms with Gasteiger partial charge in [-0.25, -0.2) is 9.97 Å². The van der Waals surface area contributed by atoms with E-state index in [1.54, 1.807) is 24.3 Å². The molecule has 1 fully saturated rings. The summed E-state index contributed by atoms with van der Waals surface area (Å²) in [6, 6.07) is 20.0. The highest BCUT2D eigenvalue weighted by atomic mass is 32.2.